The largest absolute Gasteiger partial charge is 0.384 e. The number of ketones is 1. The number of rotatable bonds is 4. The number of benzene rings is 2. The molecule has 0 heterocycles. The predicted molar refractivity (Wildman–Crippen MR) is 96.7 cm³/mol. The van der Waals surface area contributed by atoms with Gasteiger partial charge in [-0.1, -0.05) is 54.6 Å². The van der Waals surface area contributed by atoms with E-state index in [0.717, 1.165) is 19.3 Å². The minimum atomic E-state index is -0.443. The van der Waals surface area contributed by atoms with Crippen LogP contribution in [0, 0.1) is 0 Å². The maximum absolute atomic E-state index is 13.1. The summed E-state index contributed by atoms with van der Waals surface area (Å²) in [6, 6.07) is 18.9. The van der Waals surface area contributed by atoms with Crippen molar-refractivity contribution in [1.82, 2.24) is 0 Å². The van der Waals surface area contributed by atoms with Crippen molar-refractivity contribution in [1.29, 1.82) is 0 Å². The Hall–Kier alpha value is -2.19. The summed E-state index contributed by atoms with van der Waals surface area (Å²) in [5.41, 5.74) is 5.69. The van der Waals surface area contributed by atoms with Gasteiger partial charge in [0.25, 0.3) is 0 Å². The molecule has 2 aromatic rings. The lowest BCUT2D eigenvalue weighted by molar-refractivity contribution is -0.120. The lowest BCUT2D eigenvalue weighted by atomic mass is 9.72. The summed E-state index contributed by atoms with van der Waals surface area (Å²) in [5, 5.41) is 0. The molecule has 2 nitrogen and oxygen atoms in total. The first kappa shape index (κ1) is 15.3. The Labute approximate surface area is 143 Å². The number of hydrogen-bond donors (Lipinski definition) is 0. The summed E-state index contributed by atoms with van der Waals surface area (Å²) >= 11 is 0. The minimum absolute atomic E-state index is 0.376. The second-order valence-corrected chi connectivity index (χ2v) is 6.69. The summed E-state index contributed by atoms with van der Waals surface area (Å²) in [4.78, 5) is 13.1. The van der Waals surface area contributed by atoms with E-state index in [0.29, 0.717) is 18.8 Å². The van der Waals surface area contributed by atoms with Gasteiger partial charge in [-0.3, -0.25) is 4.79 Å². The van der Waals surface area contributed by atoms with E-state index in [1.807, 2.05) is 6.07 Å². The number of fused-ring (bicyclic) bond motifs is 2. The van der Waals surface area contributed by atoms with Crippen LogP contribution in [0.5, 0.6) is 0 Å². The molecule has 1 saturated carbocycles. The SMILES string of the molecule is COCCC1=C(c2ccccc2)[C@@]2(CCCC2=O)c2ccccc21. The molecule has 2 aliphatic carbocycles. The highest BCUT2D eigenvalue weighted by atomic mass is 16.5. The molecule has 0 amide bonds. The van der Waals surface area contributed by atoms with Crippen molar-refractivity contribution in [2.75, 3.05) is 13.7 Å². The van der Waals surface area contributed by atoms with E-state index in [2.05, 4.69) is 48.5 Å². The molecular weight excluding hydrogens is 296 g/mol. The van der Waals surface area contributed by atoms with E-state index in [-0.39, 0.29) is 0 Å². The zero-order valence-electron chi connectivity index (χ0n) is 14.0. The number of carbonyl (C=O) groups excluding carboxylic acids is 1. The van der Waals surface area contributed by atoms with Crippen LogP contribution in [0.25, 0.3) is 11.1 Å². The van der Waals surface area contributed by atoms with Crippen LogP contribution in [0.4, 0.5) is 0 Å². The van der Waals surface area contributed by atoms with Crippen LogP contribution >= 0.6 is 0 Å². The monoisotopic (exact) mass is 318 g/mol. The molecule has 2 heteroatoms. The van der Waals surface area contributed by atoms with Gasteiger partial charge in [-0.25, -0.2) is 0 Å². The summed E-state index contributed by atoms with van der Waals surface area (Å²) < 4.78 is 5.36. The van der Waals surface area contributed by atoms with Crippen LogP contribution in [0.2, 0.25) is 0 Å². The second kappa shape index (κ2) is 6.03. The number of Topliss-reactive ketones (excluding diaryl/α,β-unsaturated/α-hetero) is 1. The fourth-order valence-electron chi connectivity index (χ4n) is 4.55. The van der Waals surface area contributed by atoms with E-state index >= 15 is 0 Å². The summed E-state index contributed by atoms with van der Waals surface area (Å²) in [5.74, 6) is 0.376. The van der Waals surface area contributed by atoms with Crippen molar-refractivity contribution in [3.8, 4) is 0 Å². The Morgan fingerprint density at radius 3 is 2.50 bits per heavy atom. The first-order valence-corrected chi connectivity index (χ1v) is 8.70. The van der Waals surface area contributed by atoms with E-state index in [1.54, 1.807) is 7.11 Å². The lowest BCUT2D eigenvalue weighted by Crippen LogP contribution is -2.30. The molecule has 122 valence electrons. The summed E-state index contributed by atoms with van der Waals surface area (Å²) in [7, 11) is 1.74. The van der Waals surface area contributed by atoms with Gasteiger partial charge in [0.15, 0.2) is 0 Å². The summed E-state index contributed by atoms with van der Waals surface area (Å²) in [6.45, 7) is 0.671. The van der Waals surface area contributed by atoms with Crippen LogP contribution in [0.15, 0.2) is 54.6 Å². The zero-order chi connectivity index (χ0) is 16.6. The fraction of sp³-hybridized carbons (Fsp3) is 0.318. The Kier molecular flexibility index (Phi) is 3.85. The smallest absolute Gasteiger partial charge is 0.147 e. The van der Waals surface area contributed by atoms with Crippen molar-refractivity contribution in [2.24, 2.45) is 0 Å². The molecule has 0 aliphatic heterocycles. The van der Waals surface area contributed by atoms with Crippen molar-refractivity contribution in [3.05, 3.63) is 71.3 Å². The Morgan fingerprint density at radius 1 is 1.04 bits per heavy atom. The third-order valence-corrected chi connectivity index (χ3v) is 5.49. The number of carbonyl (C=O) groups is 1. The van der Waals surface area contributed by atoms with Crippen LogP contribution in [-0.2, 0) is 14.9 Å². The number of hydrogen-bond acceptors (Lipinski definition) is 2. The van der Waals surface area contributed by atoms with Crippen LogP contribution in [0.3, 0.4) is 0 Å². The van der Waals surface area contributed by atoms with E-state index in [4.69, 9.17) is 4.74 Å². The van der Waals surface area contributed by atoms with E-state index < -0.39 is 5.41 Å². The van der Waals surface area contributed by atoms with Gasteiger partial charge in [0, 0.05) is 13.5 Å². The molecule has 0 N–H and O–H groups in total. The molecule has 2 aliphatic rings. The highest BCUT2D eigenvalue weighted by Gasteiger charge is 2.52. The van der Waals surface area contributed by atoms with Crippen LogP contribution in [-0.4, -0.2) is 19.5 Å². The van der Waals surface area contributed by atoms with Gasteiger partial charge in [0.05, 0.1) is 12.0 Å². The molecule has 0 saturated heterocycles. The summed E-state index contributed by atoms with van der Waals surface area (Å²) in [6.07, 6.45) is 3.42. The van der Waals surface area contributed by atoms with E-state index in [9.17, 15) is 4.79 Å². The maximum Gasteiger partial charge on any atom is 0.147 e. The van der Waals surface area contributed by atoms with Gasteiger partial charge in [-0.05, 0) is 47.1 Å². The average Bonchev–Trinajstić information content (AvgIpc) is 3.14. The third kappa shape index (κ3) is 2.10. The molecule has 4 rings (SSSR count). The van der Waals surface area contributed by atoms with E-state index in [1.165, 1.54) is 27.8 Å². The molecule has 1 atom stereocenters. The van der Waals surface area contributed by atoms with Gasteiger partial charge in [0.2, 0.25) is 0 Å². The van der Waals surface area contributed by atoms with Gasteiger partial charge in [-0.15, -0.1) is 0 Å². The first-order chi connectivity index (χ1) is 11.8. The molecule has 2 aromatic carbocycles. The third-order valence-electron chi connectivity index (χ3n) is 5.49. The standard InChI is InChI=1S/C22H22O2/c1-24-15-13-18-17-10-5-6-11-19(17)22(14-7-12-20(22)23)21(18)16-8-3-2-4-9-16/h2-6,8-11H,7,12-15H2,1H3/t22-/m0/s1. The highest BCUT2D eigenvalue weighted by molar-refractivity contribution is 6.15. The molecule has 0 bridgehead atoms. The normalized spacial score (nSPS) is 22.5. The van der Waals surface area contributed by atoms with Gasteiger partial charge in [0.1, 0.15) is 5.78 Å². The first-order valence-electron chi connectivity index (χ1n) is 8.70. The quantitative estimate of drug-likeness (QED) is 0.821. The van der Waals surface area contributed by atoms with Crippen molar-refractivity contribution >= 4 is 16.9 Å². The lowest BCUT2D eigenvalue weighted by Gasteiger charge is -2.28. The van der Waals surface area contributed by atoms with Gasteiger partial charge in [-0.2, -0.15) is 0 Å². The molecule has 0 unspecified atom stereocenters. The van der Waals surface area contributed by atoms with Crippen molar-refractivity contribution in [2.45, 2.75) is 31.1 Å². The van der Waals surface area contributed by atoms with Crippen LogP contribution < -0.4 is 0 Å². The zero-order valence-corrected chi connectivity index (χ0v) is 14.0. The van der Waals surface area contributed by atoms with Crippen LogP contribution in [0.1, 0.15) is 42.4 Å². The molecule has 0 radical (unpaired) electrons. The van der Waals surface area contributed by atoms with Gasteiger partial charge >= 0.3 is 0 Å². The predicted octanol–water partition coefficient (Wildman–Crippen LogP) is 4.64. The highest BCUT2D eigenvalue weighted by Crippen LogP contribution is 2.57. The van der Waals surface area contributed by atoms with Gasteiger partial charge < -0.3 is 4.74 Å². The maximum atomic E-state index is 13.1. The van der Waals surface area contributed by atoms with Crippen molar-refractivity contribution < 1.29 is 9.53 Å². The second-order valence-electron chi connectivity index (χ2n) is 6.69. The van der Waals surface area contributed by atoms with Crippen molar-refractivity contribution in [3.63, 3.8) is 0 Å². The number of allylic oxidation sites excluding steroid dienone is 1. The minimum Gasteiger partial charge on any atom is -0.384 e. The molecule has 1 fully saturated rings. The molecule has 24 heavy (non-hydrogen) atoms. The topological polar surface area (TPSA) is 26.3 Å². The Balaban J connectivity index is 2.00. The molecule has 0 aromatic heterocycles. The Morgan fingerprint density at radius 2 is 1.79 bits per heavy atom. The number of ether oxygens (including phenoxy) is 1. The average molecular weight is 318 g/mol. The fourth-order valence-corrected chi connectivity index (χ4v) is 4.55. The molecule has 1 spiro atoms. The Bertz CT molecular complexity index is 804. The molecular formula is C22H22O2. The number of methoxy groups -OCH3 is 1.